The third-order valence-electron chi connectivity index (χ3n) is 5.11. The number of sulfonamides is 1. The summed E-state index contributed by atoms with van der Waals surface area (Å²) in [6.07, 6.45) is 2.45. The molecule has 0 aliphatic carbocycles. The molecule has 3 aromatic rings. The van der Waals surface area contributed by atoms with Gasteiger partial charge < -0.3 is 9.30 Å². The molecule has 148 valence electrons. The Morgan fingerprint density at radius 2 is 2.14 bits per heavy atom. The van der Waals surface area contributed by atoms with Gasteiger partial charge in [-0.1, -0.05) is 11.6 Å². The number of nitrogens with zero attached hydrogens (tertiary/aromatic N) is 4. The number of ether oxygens (including phenoxy) is 1. The Morgan fingerprint density at radius 1 is 1.32 bits per heavy atom. The fourth-order valence-corrected chi connectivity index (χ4v) is 5.67. The van der Waals surface area contributed by atoms with E-state index in [-0.39, 0.29) is 16.6 Å². The van der Waals surface area contributed by atoms with E-state index >= 15 is 0 Å². The molecule has 9 heteroatoms. The zero-order valence-electron chi connectivity index (χ0n) is 15.7. The molecule has 1 atom stereocenters. The van der Waals surface area contributed by atoms with E-state index in [1.54, 1.807) is 18.3 Å². The van der Waals surface area contributed by atoms with Gasteiger partial charge in [-0.25, -0.2) is 18.4 Å². The Kier molecular flexibility index (Phi) is 5.03. The molecular weight excluding hydrogens is 400 g/mol. The number of rotatable bonds is 5. The summed E-state index contributed by atoms with van der Waals surface area (Å²) in [4.78, 5) is 9.26. The van der Waals surface area contributed by atoms with E-state index in [4.69, 9.17) is 21.3 Å². The summed E-state index contributed by atoms with van der Waals surface area (Å²) >= 11 is 6.04. The maximum atomic E-state index is 13.2. The van der Waals surface area contributed by atoms with Crippen molar-refractivity contribution in [3.8, 4) is 5.75 Å². The van der Waals surface area contributed by atoms with Gasteiger partial charge in [-0.3, -0.25) is 0 Å². The topological polar surface area (TPSA) is 77.3 Å². The molecule has 1 aliphatic heterocycles. The molecule has 0 bridgehead atoms. The van der Waals surface area contributed by atoms with Crippen LogP contribution in [0.1, 0.15) is 25.1 Å². The Balaban J connectivity index is 1.67. The first-order valence-corrected chi connectivity index (χ1v) is 10.9. The van der Waals surface area contributed by atoms with Gasteiger partial charge in [-0.15, -0.1) is 0 Å². The summed E-state index contributed by atoms with van der Waals surface area (Å²) in [7, 11) is -2.27. The summed E-state index contributed by atoms with van der Waals surface area (Å²) in [5.41, 5.74) is 1.66. The summed E-state index contributed by atoms with van der Waals surface area (Å²) in [6, 6.07) is 8.41. The number of halogens is 1. The van der Waals surface area contributed by atoms with Gasteiger partial charge in [0.25, 0.3) is 0 Å². The highest BCUT2D eigenvalue weighted by Crippen LogP contribution is 2.35. The molecule has 1 fully saturated rings. The van der Waals surface area contributed by atoms with Crippen LogP contribution < -0.4 is 4.74 Å². The minimum absolute atomic E-state index is 0.00843. The Morgan fingerprint density at radius 3 is 2.89 bits per heavy atom. The van der Waals surface area contributed by atoms with Crippen molar-refractivity contribution in [3.05, 3.63) is 47.4 Å². The van der Waals surface area contributed by atoms with Crippen LogP contribution >= 0.6 is 11.6 Å². The van der Waals surface area contributed by atoms with E-state index in [9.17, 15) is 8.42 Å². The van der Waals surface area contributed by atoms with E-state index in [1.165, 1.54) is 17.5 Å². The summed E-state index contributed by atoms with van der Waals surface area (Å²) in [6.45, 7) is 3.55. The normalized spacial score (nSPS) is 18.0. The lowest BCUT2D eigenvalue weighted by Crippen LogP contribution is -2.29. The van der Waals surface area contributed by atoms with Gasteiger partial charge in [0, 0.05) is 36.8 Å². The fraction of sp³-hybridized carbons (Fsp3) is 0.368. The molecule has 0 N–H and O–H groups in total. The lowest BCUT2D eigenvalue weighted by atomic mass is 10.1. The second-order valence-electron chi connectivity index (χ2n) is 6.70. The van der Waals surface area contributed by atoms with E-state index in [2.05, 4.69) is 9.55 Å². The molecule has 1 saturated heterocycles. The van der Waals surface area contributed by atoms with Crippen molar-refractivity contribution in [3.63, 3.8) is 0 Å². The van der Waals surface area contributed by atoms with Gasteiger partial charge in [-0.2, -0.15) is 4.31 Å². The van der Waals surface area contributed by atoms with E-state index < -0.39 is 10.0 Å². The maximum Gasteiger partial charge on any atom is 0.246 e. The summed E-state index contributed by atoms with van der Waals surface area (Å²) < 4.78 is 35.2. The maximum absolute atomic E-state index is 13.2. The van der Waals surface area contributed by atoms with Gasteiger partial charge in [0.1, 0.15) is 22.0 Å². The van der Waals surface area contributed by atoms with E-state index in [0.717, 1.165) is 23.5 Å². The van der Waals surface area contributed by atoms with Crippen molar-refractivity contribution in [2.45, 2.75) is 30.7 Å². The Bertz CT molecular complexity index is 1130. The molecule has 3 heterocycles. The van der Waals surface area contributed by atoms with Crippen LogP contribution in [0.15, 0.2) is 41.4 Å². The minimum Gasteiger partial charge on any atom is -0.495 e. The highest BCUT2D eigenvalue weighted by molar-refractivity contribution is 7.89. The third-order valence-corrected chi connectivity index (χ3v) is 7.23. The average Bonchev–Trinajstić information content (AvgIpc) is 3.32. The lowest BCUT2D eigenvalue weighted by Gasteiger charge is -2.19. The van der Waals surface area contributed by atoms with Crippen molar-refractivity contribution < 1.29 is 13.2 Å². The average molecular weight is 421 g/mol. The molecule has 28 heavy (non-hydrogen) atoms. The third kappa shape index (κ3) is 3.15. The van der Waals surface area contributed by atoms with Crippen LogP contribution in [0, 0.1) is 0 Å². The van der Waals surface area contributed by atoms with Gasteiger partial charge in [0.15, 0.2) is 5.65 Å². The molecule has 0 amide bonds. The molecular formula is C19H21ClN4O3S. The van der Waals surface area contributed by atoms with Crippen molar-refractivity contribution in [2.75, 3.05) is 20.2 Å². The molecule has 1 aliphatic rings. The zero-order valence-corrected chi connectivity index (χ0v) is 17.2. The number of hydrogen-bond donors (Lipinski definition) is 0. The molecule has 2 aromatic heterocycles. The number of methoxy groups -OCH3 is 1. The zero-order chi connectivity index (χ0) is 19.9. The predicted molar refractivity (Wildman–Crippen MR) is 107 cm³/mol. The number of pyridine rings is 1. The molecule has 0 spiro atoms. The summed E-state index contributed by atoms with van der Waals surface area (Å²) in [5.74, 6) is 1.18. The Hall–Kier alpha value is -2.16. The fourth-order valence-electron chi connectivity index (χ4n) is 3.75. The first kappa shape index (κ1) is 19.2. The molecule has 1 unspecified atom stereocenters. The van der Waals surface area contributed by atoms with Crippen LogP contribution in [-0.4, -0.2) is 47.5 Å². The second kappa shape index (κ2) is 7.35. The van der Waals surface area contributed by atoms with Crippen LogP contribution in [0.2, 0.25) is 5.02 Å². The molecule has 0 radical (unpaired) electrons. The lowest BCUT2D eigenvalue weighted by molar-refractivity contribution is 0.398. The SMILES string of the molecule is CCn1c(C2CCN(S(=O)(=O)c3cc(Cl)ccc3OC)C2)nc2cccnc21. The van der Waals surface area contributed by atoms with Gasteiger partial charge in [-0.05, 0) is 43.7 Å². The number of hydrogen-bond acceptors (Lipinski definition) is 5. The van der Waals surface area contributed by atoms with Crippen molar-refractivity contribution >= 4 is 32.8 Å². The Labute approximate surface area is 169 Å². The molecule has 7 nitrogen and oxygen atoms in total. The number of benzene rings is 1. The molecule has 0 saturated carbocycles. The van der Waals surface area contributed by atoms with E-state index in [1.807, 2.05) is 19.1 Å². The largest absolute Gasteiger partial charge is 0.495 e. The first-order valence-electron chi connectivity index (χ1n) is 9.10. The van der Waals surface area contributed by atoms with Gasteiger partial charge >= 0.3 is 0 Å². The van der Waals surface area contributed by atoms with Crippen LogP contribution in [0.3, 0.4) is 0 Å². The highest BCUT2D eigenvalue weighted by atomic mass is 35.5. The predicted octanol–water partition coefficient (Wildman–Crippen LogP) is 3.29. The van der Waals surface area contributed by atoms with Crippen molar-refractivity contribution in [1.29, 1.82) is 0 Å². The number of aryl methyl sites for hydroxylation is 1. The summed E-state index contributed by atoms with van der Waals surface area (Å²) in [5, 5.41) is 0.356. The molecule has 1 aromatic carbocycles. The number of imidazole rings is 1. The van der Waals surface area contributed by atoms with Crippen molar-refractivity contribution in [1.82, 2.24) is 18.8 Å². The van der Waals surface area contributed by atoms with Gasteiger partial charge in [0.2, 0.25) is 10.0 Å². The first-order chi connectivity index (χ1) is 13.5. The quantitative estimate of drug-likeness (QED) is 0.633. The standard InChI is InChI=1S/C19H21ClN4O3S/c1-3-24-18(22-15-5-4-9-21-19(15)24)13-8-10-23(12-13)28(25,26)17-11-14(20)6-7-16(17)27-2/h4-7,9,11,13H,3,8,10,12H2,1-2H3. The van der Waals surface area contributed by atoms with Crippen LogP contribution in [0.5, 0.6) is 5.75 Å². The molecule has 4 rings (SSSR count). The van der Waals surface area contributed by atoms with Crippen LogP contribution in [0.4, 0.5) is 0 Å². The van der Waals surface area contributed by atoms with Gasteiger partial charge in [0.05, 0.1) is 7.11 Å². The van der Waals surface area contributed by atoms with E-state index in [0.29, 0.717) is 24.5 Å². The second-order valence-corrected chi connectivity index (χ2v) is 9.05. The van der Waals surface area contributed by atoms with Crippen molar-refractivity contribution in [2.24, 2.45) is 0 Å². The number of aromatic nitrogens is 3. The number of fused-ring (bicyclic) bond motifs is 1. The van der Waals surface area contributed by atoms with Crippen LogP contribution in [-0.2, 0) is 16.6 Å². The monoisotopic (exact) mass is 420 g/mol. The highest BCUT2D eigenvalue weighted by Gasteiger charge is 2.37. The van der Waals surface area contributed by atoms with Crippen LogP contribution in [0.25, 0.3) is 11.2 Å². The minimum atomic E-state index is -3.72. The smallest absolute Gasteiger partial charge is 0.246 e.